The average molecular weight is 278 g/mol. The molecule has 0 saturated carbocycles. The lowest BCUT2D eigenvalue weighted by Crippen LogP contribution is -1.99. The molecule has 0 N–H and O–H groups in total. The number of aromatic nitrogens is 1. The number of aryl methyl sites for hydroxylation is 1. The molecule has 0 bridgehead atoms. The van der Waals surface area contributed by atoms with Crippen LogP contribution in [0.25, 0.3) is 11.0 Å². The Morgan fingerprint density at radius 1 is 1.39 bits per heavy atom. The van der Waals surface area contributed by atoms with Crippen LogP contribution in [0.5, 0.6) is 0 Å². The monoisotopic (exact) mass is 277 g/mol. The second-order valence-corrected chi connectivity index (χ2v) is 5.37. The summed E-state index contributed by atoms with van der Waals surface area (Å²) in [6, 6.07) is 6.94. The predicted octanol–water partition coefficient (Wildman–Crippen LogP) is 4.08. The number of furan rings is 1. The topological polar surface area (TPSA) is 43.1 Å². The number of halogens is 1. The Bertz CT molecular complexity index is 744. The van der Waals surface area contributed by atoms with Gasteiger partial charge in [-0.05, 0) is 31.2 Å². The van der Waals surface area contributed by atoms with Crippen molar-refractivity contribution in [3.63, 3.8) is 0 Å². The van der Waals surface area contributed by atoms with E-state index in [0.717, 1.165) is 10.4 Å². The van der Waals surface area contributed by atoms with Gasteiger partial charge in [-0.2, -0.15) is 0 Å². The first-order valence-electron chi connectivity index (χ1n) is 5.29. The molecule has 5 heteroatoms. The van der Waals surface area contributed by atoms with Gasteiger partial charge in [0.15, 0.2) is 5.76 Å². The highest BCUT2D eigenvalue weighted by atomic mass is 35.5. The van der Waals surface area contributed by atoms with Crippen molar-refractivity contribution in [3.8, 4) is 0 Å². The molecule has 18 heavy (non-hydrogen) atoms. The average Bonchev–Trinajstić information content (AvgIpc) is 2.93. The fourth-order valence-electron chi connectivity index (χ4n) is 1.72. The van der Waals surface area contributed by atoms with Gasteiger partial charge in [-0.3, -0.25) is 4.79 Å². The molecule has 0 unspecified atom stereocenters. The summed E-state index contributed by atoms with van der Waals surface area (Å²) in [4.78, 5) is 16.3. The zero-order chi connectivity index (χ0) is 12.7. The Balaban J connectivity index is 2.06. The van der Waals surface area contributed by atoms with Crippen molar-refractivity contribution in [2.24, 2.45) is 0 Å². The third-order valence-corrected chi connectivity index (χ3v) is 3.56. The lowest BCUT2D eigenvalue weighted by Gasteiger charge is -1.90. The van der Waals surface area contributed by atoms with E-state index in [2.05, 4.69) is 4.98 Å². The van der Waals surface area contributed by atoms with E-state index in [0.29, 0.717) is 16.3 Å². The van der Waals surface area contributed by atoms with Gasteiger partial charge in [-0.15, -0.1) is 11.3 Å². The quantitative estimate of drug-likeness (QED) is 0.663. The molecule has 0 spiro atoms. The highest BCUT2D eigenvalue weighted by Gasteiger charge is 2.17. The van der Waals surface area contributed by atoms with Crippen molar-refractivity contribution < 1.29 is 9.21 Å². The first-order valence-corrected chi connectivity index (χ1v) is 6.55. The van der Waals surface area contributed by atoms with E-state index < -0.39 is 0 Å². The van der Waals surface area contributed by atoms with Gasteiger partial charge in [0.05, 0.1) is 5.01 Å². The maximum absolute atomic E-state index is 12.1. The number of hydrogen-bond donors (Lipinski definition) is 0. The molecule has 90 valence electrons. The van der Waals surface area contributed by atoms with Crippen molar-refractivity contribution >= 4 is 39.7 Å². The maximum Gasteiger partial charge on any atom is 0.247 e. The minimum atomic E-state index is -0.202. The molecule has 0 fully saturated rings. The van der Waals surface area contributed by atoms with E-state index >= 15 is 0 Å². The molecule has 1 aromatic carbocycles. The van der Waals surface area contributed by atoms with Crippen LogP contribution in [0.2, 0.25) is 5.02 Å². The van der Waals surface area contributed by atoms with Crippen molar-refractivity contribution in [1.29, 1.82) is 0 Å². The van der Waals surface area contributed by atoms with Crippen molar-refractivity contribution in [1.82, 2.24) is 4.98 Å². The molecule has 0 aliphatic rings. The van der Waals surface area contributed by atoms with Crippen LogP contribution in [0.1, 0.15) is 21.3 Å². The van der Waals surface area contributed by atoms with Gasteiger partial charge < -0.3 is 4.42 Å². The lowest BCUT2D eigenvalue weighted by atomic mass is 10.2. The fourth-order valence-corrected chi connectivity index (χ4v) is 2.49. The molecule has 2 aromatic heterocycles. The first-order chi connectivity index (χ1) is 8.63. The second kappa shape index (κ2) is 4.23. The highest BCUT2D eigenvalue weighted by molar-refractivity contribution is 7.09. The largest absolute Gasteiger partial charge is 0.453 e. The van der Waals surface area contributed by atoms with Crippen molar-refractivity contribution in [2.75, 3.05) is 0 Å². The van der Waals surface area contributed by atoms with E-state index in [4.69, 9.17) is 16.0 Å². The summed E-state index contributed by atoms with van der Waals surface area (Å²) in [5, 5.41) is 4.03. The van der Waals surface area contributed by atoms with Crippen molar-refractivity contribution in [2.45, 2.75) is 6.92 Å². The molecular weight excluding hydrogens is 270 g/mol. The summed E-state index contributed by atoms with van der Waals surface area (Å²) in [5.74, 6) is 0.0873. The first kappa shape index (κ1) is 11.4. The van der Waals surface area contributed by atoms with Gasteiger partial charge in [0.25, 0.3) is 0 Å². The van der Waals surface area contributed by atoms with Gasteiger partial charge in [-0.25, -0.2) is 4.98 Å². The molecule has 3 aromatic rings. The predicted molar refractivity (Wildman–Crippen MR) is 71.5 cm³/mol. The molecular formula is C13H8ClNO2S. The molecule has 2 heterocycles. The van der Waals surface area contributed by atoms with Gasteiger partial charge in [0, 0.05) is 15.8 Å². The summed E-state index contributed by atoms with van der Waals surface area (Å²) in [6.07, 6.45) is 0. The zero-order valence-electron chi connectivity index (χ0n) is 9.44. The molecule has 0 saturated heterocycles. The number of carbonyl (C=O) groups is 1. The Morgan fingerprint density at radius 3 is 2.94 bits per heavy atom. The molecule has 3 rings (SSSR count). The minimum absolute atomic E-state index is 0.202. The summed E-state index contributed by atoms with van der Waals surface area (Å²) < 4.78 is 5.50. The Hall–Kier alpha value is -1.65. The molecule has 0 amide bonds. The van der Waals surface area contributed by atoms with Gasteiger partial charge in [0.1, 0.15) is 11.3 Å². The van der Waals surface area contributed by atoms with Crippen LogP contribution in [0.4, 0.5) is 0 Å². The molecule has 3 nitrogen and oxygen atoms in total. The van der Waals surface area contributed by atoms with Crippen LogP contribution in [0.3, 0.4) is 0 Å². The Labute approximate surface area is 112 Å². The number of fused-ring (bicyclic) bond motifs is 1. The number of benzene rings is 1. The van der Waals surface area contributed by atoms with Crippen LogP contribution in [0.15, 0.2) is 34.1 Å². The van der Waals surface area contributed by atoms with Crippen LogP contribution >= 0.6 is 22.9 Å². The smallest absolute Gasteiger partial charge is 0.247 e. The number of rotatable bonds is 2. The van der Waals surface area contributed by atoms with E-state index in [1.165, 1.54) is 11.3 Å². The second-order valence-electron chi connectivity index (χ2n) is 3.87. The van der Waals surface area contributed by atoms with Crippen LogP contribution in [0, 0.1) is 6.92 Å². The van der Waals surface area contributed by atoms with E-state index in [-0.39, 0.29) is 11.5 Å². The zero-order valence-corrected chi connectivity index (χ0v) is 11.0. The fraction of sp³-hybridized carbons (Fsp3) is 0.0769. The van der Waals surface area contributed by atoms with E-state index in [9.17, 15) is 4.79 Å². The van der Waals surface area contributed by atoms with Crippen molar-refractivity contribution in [3.05, 3.63) is 51.1 Å². The highest BCUT2D eigenvalue weighted by Crippen LogP contribution is 2.24. The molecule has 0 aliphatic carbocycles. The van der Waals surface area contributed by atoms with Gasteiger partial charge >= 0.3 is 0 Å². The SMILES string of the molecule is Cc1nc(C(=O)c2cc3cc(Cl)ccc3o2)cs1. The number of hydrogen-bond acceptors (Lipinski definition) is 4. The third-order valence-electron chi connectivity index (χ3n) is 2.55. The Morgan fingerprint density at radius 2 is 2.22 bits per heavy atom. The van der Waals surface area contributed by atoms with Gasteiger partial charge in [-0.1, -0.05) is 11.6 Å². The summed E-state index contributed by atoms with van der Waals surface area (Å²) in [5.41, 5.74) is 1.07. The lowest BCUT2D eigenvalue weighted by molar-refractivity contribution is 0.101. The number of thiazole rings is 1. The number of carbonyl (C=O) groups excluding carboxylic acids is 1. The minimum Gasteiger partial charge on any atom is -0.453 e. The van der Waals surface area contributed by atoms with E-state index in [1.54, 1.807) is 29.6 Å². The number of nitrogens with zero attached hydrogens (tertiary/aromatic N) is 1. The normalized spacial score (nSPS) is 11.0. The summed E-state index contributed by atoms with van der Waals surface area (Å²) >= 11 is 7.33. The van der Waals surface area contributed by atoms with Crippen LogP contribution in [-0.2, 0) is 0 Å². The molecule has 0 atom stereocenters. The van der Waals surface area contributed by atoms with Crippen LogP contribution < -0.4 is 0 Å². The standard InChI is InChI=1S/C13H8ClNO2S/c1-7-15-10(6-18-7)13(16)12-5-8-4-9(14)2-3-11(8)17-12/h2-6H,1H3. The van der Waals surface area contributed by atoms with Crippen LogP contribution in [-0.4, -0.2) is 10.8 Å². The summed E-state index contributed by atoms with van der Waals surface area (Å²) in [7, 11) is 0. The molecule has 0 aliphatic heterocycles. The molecule has 0 radical (unpaired) electrons. The maximum atomic E-state index is 12.1. The Kier molecular flexibility index (Phi) is 2.69. The third kappa shape index (κ3) is 1.94. The summed E-state index contributed by atoms with van der Waals surface area (Å²) in [6.45, 7) is 1.86. The number of ketones is 1. The van der Waals surface area contributed by atoms with Gasteiger partial charge in [0.2, 0.25) is 5.78 Å². The van der Waals surface area contributed by atoms with E-state index in [1.807, 2.05) is 6.92 Å².